The minimum atomic E-state index is -4.37. The Hall–Kier alpha value is -1.25. The lowest BCUT2D eigenvalue weighted by Crippen LogP contribution is -2.37. The van der Waals surface area contributed by atoms with E-state index in [2.05, 4.69) is 26.0 Å². The first-order valence-electron chi connectivity index (χ1n) is 23.4. The van der Waals surface area contributed by atoms with Gasteiger partial charge in [0.05, 0.1) is 27.7 Å². The number of unbranched alkanes of at least 4 members (excludes halogenated alkanes) is 27. The molecule has 0 heterocycles. The fraction of sp³-hybridized carbons (Fsp3) is 0.913. The second kappa shape index (κ2) is 39.2. The average molecular weight is 817 g/mol. The molecule has 0 bridgehead atoms. The molecule has 2 atom stereocenters. The zero-order valence-electron chi connectivity index (χ0n) is 37.4. The van der Waals surface area contributed by atoms with Crippen LogP contribution in [0.3, 0.4) is 0 Å². The molecule has 0 radical (unpaired) electrons. The first kappa shape index (κ1) is 54.8. The van der Waals surface area contributed by atoms with E-state index in [1.165, 1.54) is 154 Å². The molecule has 1 unspecified atom stereocenters. The molecule has 0 amide bonds. The minimum absolute atomic E-state index is 0.0347. The highest BCUT2D eigenvalue weighted by atomic mass is 31.2. The molecule has 0 aromatic rings. The van der Waals surface area contributed by atoms with E-state index in [0.717, 1.165) is 32.1 Å². The molecular formula is C46H91NO8P+. The third-order valence-electron chi connectivity index (χ3n) is 10.3. The summed E-state index contributed by atoms with van der Waals surface area (Å²) < 4.78 is 34.3. The lowest BCUT2D eigenvalue weighted by Gasteiger charge is -2.24. The molecule has 0 aromatic heterocycles. The van der Waals surface area contributed by atoms with Gasteiger partial charge in [0.1, 0.15) is 19.8 Å². The van der Waals surface area contributed by atoms with E-state index in [1.54, 1.807) is 0 Å². The number of quaternary nitrogens is 1. The van der Waals surface area contributed by atoms with E-state index in [0.29, 0.717) is 23.9 Å². The monoisotopic (exact) mass is 817 g/mol. The summed E-state index contributed by atoms with van der Waals surface area (Å²) in [7, 11) is 1.49. The Morgan fingerprint density at radius 3 is 1.32 bits per heavy atom. The number of phosphoric ester groups is 1. The van der Waals surface area contributed by atoms with Gasteiger partial charge in [0.25, 0.3) is 0 Å². The lowest BCUT2D eigenvalue weighted by molar-refractivity contribution is -0.870. The van der Waals surface area contributed by atoms with Gasteiger partial charge >= 0.3 is 19.8 Å². The van der Waals surface area contributed by atoms with Crippen molar-refractivity contribution >= 4 is 19.8 Å². The van der Waals surface area contributed by atoms with Crippen LogP contribution in [0, 0.1) is 0 Å². The van der Waals surface area contributed by atoms with Crippen molar-refractivity contribution in [2.24, 2.45) is 0 Å². The summed E-state index contributed by atoms with van der Waals surface area (Å²) in [6.45, 7) is 4.44. The second-order valence-corrected chi connectivity index (χ2v) is 18.6. The first-order valence-corrected chi connectivity index (χ1v) is 24.9. The van der Waals surface area contributed by atoms with Gasteiger partial charge in [-0.15, -0.1) is 0 Å². The van der Waals surface area contributed by atoms with Gasteiger partial charge in [-0.2, -0.15) is 0 Å². The van der Waals surface area contributed by atoms with E-state index in [1.807, 2.05) is 21.1 Å². The van der Waals surface area contributed by atoms with E-state index >= 15 is 0 Å². The molecule has 0 rings (SSSR count). The molecule has 0 aromatic carbocycles. The Kier molecular flexibility index (Phi) is 38.3. The van der Waals surface area contributed by atoms with Crippen molar-refractivity contribution in [1.29, 1.82) is 0 Å². The summed E-state index contributed by atoms with van der Waals surface area (Å²) in [6.07, 6.45) is 41.1. The molecule has 0 saturated carbocycles. The number of nitrogens with zero attached hydrogens (tertiary/aromatic N) is 1. The minimum Gasteiger partial charge on any atom is -0.462 e. The standard InChI is InChI=1S/C46H90NO8P/c1-6-8-10-12-14-16-18-20-21-22-23-24-25-27-28-30-32-34-36-38-45(48)52-42-44(43-54-56(50,51)53-41-40-47(3,4)5)55-46(49)39-37-35-33-31-29-26-19-17-15-13-11-9-7-2/h20-21,44H,6-19,22-43H2,1-5H3/p+1/b21-20-/t44-/m1/s1. The number of carbonyl (C=O) groups is 2. The molecule has 332 valence electrons. The molecule has 9 nitrogen and oxygen atoms in total. The van der Waals surface area contributed by atoms with Crippen LogP contribution in [0.4, 0.5) is 0 Å². The Morgan fingerprint density at radius 1 is 0.536 bits per heavy atom. The van der Waals surface area contributed by atoms with Crippen LogP contribution in [0.2, 0.25) is 0 Å². The maximum atomic E-state index is 12.7. The zero-order chi connectivity index (χ0) is 41.4. The summed E-state index contributed by atoms with van der Waals surface area (Å²) in [5.41, 5.74) is 0. The zero-order valence-corrected chi connectivity index (χ0v) is 38.3. The molecule has 0 aliphatic heterocycles. The highest BCUT2D eigenvalue weighted by molar-refractivity contribution is 7.47. The van der Waals surface area contributed by atoms with E-state index in [9.17, 15) is 19.0 Å². The number of carbonyl (C=O) groups excluding carboxylic acids is 2. The van der Waals surface area contributed by atoms with Crippen molar-refractivity contribution in [1.82, 2.24) is 0 Å². The molecule has 0 fully saturated rings. The molecule has 0 aliphatic rings. The van der Waals surface area contributed by atoms with Crippen LogP contribution < -0.4 is 0 Å². The molecule has 56 heavy (non-hydrogen) atoms. The fourth-order valence-corrected chi connectivity index (χ4v) is 7.34. The number of hydrogen-bond acceptors (Lipinski definition) is 7. The number of phosphoric acid groups is 1. The number of allylic oxidation sites excluding steroid dienone is 2. The molecular weight excluding hydrogens is 725 g/mol. The van der Waals surface area contributed by atoms with E-state index in [4.69, 9.17) is 18.5 Å². The third kappa shape index (κ3) is 42.4. The summed E-state index contributed by atoms with van der Waals surface area (Å²) in [5.74, 6) is -0.790. The van der Waals surface area contributed by atoms with Crippen molar-refractivity contribution in [2.75, 3.05) is 47.5 Å². The average Bonchev–Trinajstić information content (AvgIpc) is 3.15. The van der Waals surface area contributed by atoms with Crippen molar-refractivity contribution < 1.29 is 42.1 Å². The number of rotatable bonds is 43. The number of esters is 2. The maximum Gasteiger partial charge on any atom is 0.472 e. The van der Waals surface area contributed by atoms with Crippen LogP contribution in [-0.2, 0) is 32.7 Å². The van der Waals surface area contributed by atoms with Crippen LogP contribution in [0.15, 0.2) is 12.2 Å². The molecule has 10 heteroatoms. The van der Waals surface area contributed by atoms with Crippen molar-refractivity contribution in [3.63, 3.8) is 0 Å². The van der Waals surface area contributed by atoms with Crippen LogP contribution >= 0.6 is 7.82 Å². The van der Waals surface area contributed by atoms with Gasteiger partial charge in [0.2, 0.25) is 0 Å². The number of likely N-dealkylation sites (N-methyl/N-ethyl adjacent to an activating group) is 1. The highest BCUT2D eigenvalue weighted by Gasteiger charge is 2.27. The summed E-state index contributed by atoms with van der Waals surface area (Å²) >= 11 is 0. The van der Waals surface area contributed by atoms with Crippen LogP contribution in [0.25, 0.3) is 0 Å². The number of hydrogen-bond donors (Lipinski definition) is 1. The van der Waals surface area contributed by atoms with Gasteiger partial charge in [0, 0.05) is 12.8 Å². The van der Waals surface area contributed by atoms with Crippen molar-refractivity contribution in [3.8, 4) is 0 Å². The summed E-state index contributed by atoms with van der Waals surface area (Å²) in [4.78, 5) is 35.4. The van der Waals surface area contributed by atoms with Gasteiger partial charge in [-0.3, -0.25) is 18.6 Å². The van der Waals surface area contributed by atoms with Gasteiger partial charge in [-0.25, -0.2) is 4.57 Å². The normalized spacial score (nSPS) is 13.6. The maximum absolute atomic E-state index is 12.7. The van der Waals surface area contributed by atoms with Crippen LogP contribution in [0.1, 0.15) is 219 Å². The predicted octanol–water partition coefficient (Wildman–Crippen LogP) is 13.4. The predicted molar refractivity (Wildman–Crippen MR) is 234 cm³/mol. The SMILES string of the molecule is CCCCCCCC/C=C\CCCCCCCCCCCC(=O)OC[C@H](COP(=O)(O)OCC[N+](C)(C)C)OC(=O)CCCCCCCCCCCCCCC. The van der Waals surface area contributed by atoms with E-state index < -0.39 is 26.5 Å². The summed E-state index contributed by atoms with van der Waals surface area (Å²) in [5, 5.41) is 0. The van der Waals surface area contributed by atoms with Crippen molar-refractivity contribution in [2.45, 2.75) is 225 Å². The van der Waals surface area contributed by atoms with Gasteiger partial charge < -0.3 is 18.9 Å². The highest BCUT2D eigenvalue weighted by Crippen LogP contribution is 2.43. The fourth-order valence-electron chi connectivity index (χ4n) is 6.60. The first-order chi connectivity index (χ1) is 27.0. The van der Waals surface area contributed by atoms with Crippen molar-refractivity contribution in [3.05, 3.63) is 12.2 Å². The van der Waals surface area contributed by atoms with E-state index in [-0.39, 0.29) is 25.6 Å². The molecule has 0 spiro atoms. The Balaban J connectivity index is 4.26. The lowest BCUT2D eigenvalue weighted by atomic mass is 10.0. The molecule has 1 N–H and O–H groups in total. The second-order valence-electron chi connectivity index (χ2n) is 17.1. The van der Waals surface area contributed by atoms with Gasteiger partial charge in [0.15, 0.2) is 6.10 Å². The van der Waals surface area contributed by atoms with Crippen LogP contribution in [-0.4, -0.2) is 74.9 Å². The van der Waals surface area contributed by atoms with Gasteiger partial charge in [-0.05, 0) is 38.5 Å². The largest absolute Gasteiger partial charge is 0.472 e. The third-order valence-corrected chi connectivity index (χ3v) is 11.3. The summed E-state index contributed by atoms with van der Waals surface area (Å²) in [6, 6.07) is 0. The van der Waals surface area contributed by atoms with Crippen LogP contribution in [0.5, 0.6) is 0 Å². The Labute approximate surface area is 346 Å². The quantitative estimate of drug-likeness (QED) is 0.0213. The van der Waals surface area contributed by atoms with Gasteiger partial charge in [-0.1, -0.05) is 180 Å². The molecule has 0 aliphatic carbocycles. The Bertz CT molecular complexity index is 969. The topological polar surface area (TPSA) is 108 Å². The molecule has 0 saturated heterocycles. The smallest absolute Gasteiger partial charge is 0.462 e. The Morgan fingerprint density at radius 2 is 0.911 bits per heavy atom. The number of ether oxygens (including phenoxy) is 2.